The molecule has 0 aromatic heterocycles. The number of ketones is 1. The van der Waals surface area contributed by atoms with Crippen molar-refractivity contribution in [3.8, 4) is 0 Å². The van der Waals surface area contributed by atoms with Gasteiger partial charge in [0.1, 0.15) is 0 Å². The van der Waals surface area contributed by atoms with Crippen molar-refractivity contribution in [2.75, 3.05) is 13.8 Å². The summed E-state index contributed by atoms with van der Waals surface area (Å²) in [6.45, 7) is 0.715. The van der Waals surface area contributed by atoms with Gasteiger partial charge in [0.2, 0.25) is 17.0 Å². The van der Waals surface area contributed by atoms with Crippen LogP contribution in [0, 0.1) is 6.92 Å². The number of nitrogens with zero attached hydrogens (tertiary/aromatic N) is 1. The Morgan fingerprint density at radius 3 is 2.48 bits per heavy atom. The number of rotatable bonds is 6. The maximum absolute atomic E-state index is 13.7. The summed E-state index contributed by atoms with van der Waals surface area (Å²) in [7, 11) is 1.45. The van der Waals surface area contributed by atoms with Gasteiger partial charge in [-0.3, -0.25) is 4.79 Å². The van der Waals surface area contributed by atoms with E-state index in [4.69, 9.17) is 9.02 Å². The number of aryl methyl sites for hydroxylation is 1. The summed E-state index contributed by atoms with van der Waals surface area (Å²) in [6, 6.07) is 14.1. The largest absolute Gasteiger partial charge is 0.351 e. The number of Topliss-reactive ketones (excluding diaryl/α,β-unsaturated/α-hetero) is 1. The van der Waals surface area contributed by atoms with E-state index in [2.05, 4.69) is 21.1 Å². The average Bonchev–Trinajstić information content (AvgIpc) is 3.02. The van der Waals surface area contributed by atoms with Crippen LogP contribution in [0.4, 0.5) is 4.39 Å². The SMILES string of the molecule is CO[S+](c1ccc(C)cc1)C1C(C(=O)c2ccc(Br)cc2)=NOC1(O)CF. The number of alkyl halides is 1. The van der Waals surface area contributed by atoms with Gasteiger partial charge in [0.05, 0.1) is 7.11 Å². The lowest BCUT2D eigenvalue weighted by Crippen LogP contribution is -2.52. The summed E-state index contributed by atoms with van der Waals surface area (Å²) < 4.78 is 20.1. The van der Waals surface area contributed by atoms with Crippen LogP contribution in [0.1, 0.15) is 15.9 Å². The molecule has 5 nitrogen and oxygen atoms in total. The fraction of sp³-hybridized carbons (Fsp3) is 0.263. The first-order valence-corrected chi connectivity index (χ1v) is 10.1. The standard InChI is InChI=1S/C19H18BrFNO4S/c1-12-3-9-15(10-4-12)27(25-2)18-16(22-26-19(18,24)11-21)17(23)13-5-7-14(20)8-6-13/h3-10,18,24H,11H2,1-2H3/q+1. The van der Waals surface area contributed by atoms with Gasteiger partial charge in [0, 0.05) is 10.0 Å². The molecule has 1 N–H and O–H groups in total. The van der Waals surface area contributed by atoms with Gasteiger partial charge in [-0.05, 0) is 43.3 Å². The molecule has 0 aliphatic carbocycles. The zero-order chi connectivity index (χ0) is 19.6. The third-order valence-corrected chi connectivity index (χ3v) is 6.78. The number of carbonyl (C=O) groups is 1. The van der Waals surface area contributed by atoms with Crippen molar-refractivity contribution in [2.45, 2.75) is 22.9 Å². The molecule has 0 fully saturated rings. The lowest BCUT2D eigenvalue weighted by Gasteiger charge is -2.22. The number of benzene rings is 2. The number of carbonyl (C=O) groups excluding carboxylic acids is 1. The Labute approximate surface area is 167 Å². The summed E-state index contributed by atoms with van der Waals surface area (Å²) in [5.74, 6) is -2.71. The van der Waals surface area contributed by atoms with Gasteiger partial charge >= 0.3 is 5.79 Å². The molecule has 0 saturated carbocycles. The summed E-state index contributed by atoms with van der Waals surface area (Å²) in [5.41, 5.74) is 1.34. The molecule has 1 aliphatic rings. The quantitative estimate of drug-likeness (QED) is 0.534. The lowest BCUT2D eigenvalue weighted by atomic mass is 10.0. The van der Waals surface area contributed by atoms with Crippen LogP contribution in [0.2, 0.25) is 0 Å². The highest BCUT2D eigenvalue weighted by molar-refractivity contribution is 9.10. The molecular formula is C19H18BrFNO4S+. The van der Waals surface area contributed by atoms with E-state index in [9.17, 15) is 14.3 Å². The normalized spacial score (nSPS) is 22.9. The highest BCUT2D eigenvalue weighted by Gasteiger charge is 2.62. The van der Waals surface area contributed by atoms with Crippen LogP contribution in [-0.2, 0) is 20.2 Å². The molecule has 3 rings (SSSR count). The Morgan fingerprint density at radius 2 is 1.93 bits per heavy atom. The summed E-state index contributed by atoms with van der Waals surface area (Å²) >= 11 is 2.16. The molecule has 2 aromatic rings. The fourth-order valence-electron chi connectivity index (χ4n) is 2.71. The Bertz CT molecular complexity index is 859. The second-order valence-electron chi connectivity index (χ2n) is 6.04. The van der Waals surface area contributed by atoms with Gasteiger partial charge < -0.3 is 9.94 Å². The molecule has 2 aromatic carbocycles. The minimum atomic E-state index is -2.26. The van der Waals surface area contributed by atoms with Gasteiger partial charge in [-0.15, -0.1) is 0 Å². The monoisotopic (exact) mass is 454 g/mol. The van der Waals surface area contributed by atoms with E-state index in [0.29, 0.717) is 10.5 Å². The smallest absolute Gasteiger partial charge is 0.320 e. The van der Waals surface area contributed by atoms with Gasteiger partial charge in [-0.25, -0.2) is 4.39 Å². The van der Waals surface area contributed by atoms with E-state index >= 15 is 0 Å². The third kappa shape index (κ3) is 3.94. The van der Waals surface area contributed by atoms with Crippen molar-refractivity contribution >= 4 is 38.6 Å². The minimum Gasteiger partial charge on any atom is -0.351 e. The summed E-state index contributed by atoms with van der Waals surface area (Å²) in [6.07, 6.45) is 0. The van der Waals surface area contributed by atoms with E-state index in [-0.39, 0.29) is 5.71 Å². The second-order valence-corrected chi connectivity index (χ2v) is 8.83. The molecule has 142 valence electrons. The molecule has 0 spiro atoms. The minimum absolute atomic E-state index is 0.0665. The van der Waals surface area contributed by atoms with Crippen molar-refractivity contribution in [1.29, 1.82) is 0 Å². The van der Waals surface area contributed by atoms with Crippen molar-refractivity contribution in [3.63, 3.8) is 0 Å². The molecule has 0 amide bonds. The molecule has 8 heteroatoms. The molecule has 27 heavy (non-hydrogen) atoms. The van der Waals surface area contributed by atoms with Crippen LogP contribution < -0.4 is 0 Å². The van der Waals surface area contributed by atoms with Crippen molar-refractivity contribution < 1.29 is 23.3 Å². The Morgan fingerprint density at radius 1 is 1.30 bits per heavy atom. The highest BCUT2D eigenvalue weighted by Crippen LogP contribution is 2.35. The number of oxime groups is 1. The lowest BCUT2D eigenvalue weighted by molar-refractivity contribution is -0.191. The van der Waals surface area contributed by atoms with Crippen LogP contribution in [0.25, 0.3) is 0 Å². The van der Waals surface area contributed by atoms with Gasteiger partial charge in [-0.1, -0.05) is 38.8 Å². The van der Waals surface area contributed by atoms with Crippen molar-refractivity contribution in [1.82, 2.24) is 0 Å². The molecule has 3 atom stereocenters. The number of aliphatic hydroxyl groups is 1. The van der Waals surface area contributed by atoms with Gasteiger partial charge in [0.25, 0.3) is 5.25 Å². The second kappa shape index (κ2) is 8.10. The Balaban J connectivity index is 2.01. The molecular weight excluding hydrogens is 437 g/mol. The first-order valence-electron chi connectivity index (χ1n) is 8.08. The van der Waals surface area contributed by atoms with Crippen molar-refractivity contribution in [2.24, 2.45) is 5.16 Å². The predicted octanol–water partition coefficient (Wildman–Crippen LogP) is 3.59. The summed E-state index contributed by atoms with van der Waals surface area (Å²) in [5, 5.41) is 13.3. The van der Waals surface area contributed by atoms with E-state index in [1.54, 1.807) is 24.3 Å². The van der Waals surface area contributed by atoms with Crippen LogP contribution in [0.5, 0.6) is 0 Å². The van der Waals surface area contributed by atoms with Crippen LogP contribution in [0.3, 0.4) is 0 Å². The molecule has 0 saturated heterocycles. The summed E-state index contributed by atoms with van der Waals surface area (Å²) in [4.78, 5) is 18.7. The first kappa shape index (κ1) is 20.0. The average molecular weight is 455 g/mol. The molecule has 1 aliphatic heterocycles. The molecule has 3 unspecified atom stereocenters. The first-order chi connectivity index (χ1) is 12.9. The van der Waals surface area contributed by atoms with Crippen molar-refractivity contribution in [3.05, 3.63) is 64.1 Å². The zero-order valence-corrected chi connectivity index (χ0v) is 17.1. The third-order valence-electron chi connectivity index (χ3n) is 4.14. The zero-order valence-electron chi connectivity index (χ0n) is 14.7. The van der Waals surface area contributed by atoms with E-state index in [1.165, 1.54) is 7.11 Å². The van der Waals surface area contributed by atoms with Crippen LogP contribution in [-0.4, -0.2) is 41.4 Å². The fourth-order valence-corrected chi connectivity index (χ4v) is 4.83. The maximum Gasteiger partial charge on any atom is 0.320 e. The van der Waals surface area contributed by atoms with E-state index in [1.807, 2.05) is 31.2 Å². The van der Waals surface area contributed by atoms with Gasteiger partial charge in [-0.2, -0.15) is 4.18 Å². The highest BCUT2D eigenvalue weighted by atomic mass is 79.9. The Hall–Kier alpha value is -1.74. The number of hydrogen-bond donors (Lipinski definition) is 1. The van der Waals surface area contributed by atoms with E-state index < -0.39 is 34.7 Å². The topological polar surface area (TPSA) is 68.1 Å². The molecule has 0 radical (unpaired) electrons. The number of hydrogen-bond acceptors (Lipinski definition) is 5. The van der Waals surface area contributed by atoms with Gasteiger partial charge in [0.15, 0.2) is 17.3 Å². The van der Waals surface area contributed by atoms with Crippen LogP contribution in [0.15, 0.2) is 63.1 Å². The van der Waals surface area contributed by atoms with Crippen LogP contribution >= 0.6 is 15.9 Å². The number of halogens is 2. The predicted molar refractivity (Wildman–Crippen MR) is 106 cm³/mol. The molecule has 0 bridgehead atoms. The molecule has 1 heterocycles. The Kier molecular flexibility index (Phi) is 6.00. The maximum atomic E-state index is 13.7. The van der Waals surface area contributed by atoms with E-state index in [0.717, 1.165) is 10.0 Å².